The van der Waals surface area contributed by atoms with E-state index in [4.69, 9.17) is 18.9 Å². The summed E-state index contributed by atoms with van der Waals surface area (Å²) in [7, 11) is 3.10. The van der Waals surface area contributed by atoms with Gasteiger partial charge in [-0.3, -0.25) is 9.36 Å². The first kappa shape index (κ1) is 26.7. The fourth-order valence-corrected chi connectivity index (χ4v) is 5.93. The van der Waals surface area contributed by atoms with Crippen LogP contribution in [-0.2, 0) is 14.3 Å². The number of rotatable bonds is 7. The maximum atomic E-state index is 13.9. The van der Waals surface area contributed by atoms with Gasteiger partial charge in [-0.15, -0.1) is 0 Å². The Hall–Kier alpha value is -3.89. The van der Waals surface area contributed by atoms with Crippen LogP contribution in [-0.4, -0.2) is 57.7 Å². The number of carbonyl (C=O) groups excluding carboxylic acids is 1. The van der Waals surface area contributed by atoms with Gasteiger partial charge in [0.2, 0.25) is 0 Å². The molecule has 204 valence electrons. The monoisotopic (exact) mass is 549 g/mol. The summed E-state index contributed by atoms with van der Waals surface area (Å²) in [6, 6.07) is 12.8. The Bertz CT molecular complexity index is 1580. The van der Waals surface area contributed by atoms with Crippen LogP contribution in [0, 0.1) is 0 Å². The molecule has 3 heterocycles. The van der Waals surface area contributed by atoms with Crippen LogP contribution in [0.4, 0.5) is 5.69 Å². The van der Waals surface area contributed by atoms with Gasteiger partial charge < -0.3 is 23.8 Å². The molecule has 10 heteroatoms. The maximum absolute atomic E-state index is 13.9. The second kappa shape index (κ2) is 11.5. The lowest BCUT2D eigenvalue weighted by Crippen LogP contribution is -2.40. The van der Waals surface area contributed by atoms with E-state index in [1.807, 2.05) is 24.3 Å². The van der Waals surface area contributed by atoms with Gasteiger partial charge in [-0.25, -0.2) is 9.79 Å². The molecule has 3 aromatic rings. The summed E-state index contributed by atoms with van der Waals surface area (Å²) in [6.07, 6.45) is 1.86. The van der Waals surface area contributed by atoms with Crippen LogP contribution < -0.4 is 29.3 Å². The Balaban J connectivity index is 1.61. The molecular formula is C29H31N3O6S. The summed E-state index contributed by atoms with van der Waals surface area (Å²) in [5, 5.41) is 0. The number of carbonyl (C=O) groups is 1. The summed E-state index contributed by atoms with van der Waals surface area (Å²) in [5.41, 5.74) is 3.31. The molecule has 0 radical (unpaired) electrons. The largest absolute Gasteiger partial charge is 0.493 e. The molecular weight excluding hydrogens is 518 g/mol. The Morgan fingerprint density at radius 1 is 1.10 bits per heavy atom. The molecule has 0 saturated carbocycles. The standard InChI is InChI=1S/C29H31N3O6S/c1-5-38-28(34)25-18(2)30-29-32(26(25)20-8-11-22(35-3)23(17-20)36-4)27(33)24(39-29)16-19-6-9-21(10-7-19)31-12-14-37-15-13-31/h6-11,16-17,26H,5,12-15H2,1-4H3/b24-16+/t26-/m1/s1. The molecule has 0 N–H and O–H groups in total. The van der Waals surface area contributed by atoms with Crippen molar-refractivity contribution in [1.29, 1.82) is 0 Å². The highest BCUT2D eigenvalue weighted by molar-refractivity contribution is 7.07. The van der Waals surface area contributed by atoms with Crippen LogP contribution in [0.25, 0.3) is 6.08 Å². The molecule has 0 bridgehead atoms. The summed E-state index contributed by atoms with van der Waals surface area (Å²) >= 11 is 1.30. The van der Waals surface area contributed by atoms with Crippen molar-refractivity contribution >= 4 is 29.1 Å². The third kappa shape index (κ3) is 5.22. The van der Waals surface area contributed by atoms with Crippen molar-refractivity contribution in [2.45, 2.75) is 19.9 Å². The van der Waals surface area contributed by atoms with Crippen molar-refractivity contribution in [3.63, 3.8) is 0 Å². The highest BCUT2D eigenvalue weighted by Gasteiger charge is 2.34. The van der Waals surface area contributed by atoms with Gasteiger partial charge >= 0.3 is 5.97 Å². The van der Waals surface area contributed by atoms with E-state index in [0.717, 1.165) is 37.6 Å². The smallest absolute Gasteiger partial charge is 0.338 e. The fourth-order valence-electron chi connectivity index (χ4n) is 4.88. The van der Waals surface area contributed by atoms with Gasteiger partial charge in [0.15, 0.2) is 16.3 Å². The molecule has 2 aliphatic rings. The summed E-state index contributed by atoms with van der Waals surface area (Å²) in [4.78, 5) is 34.4. The van der Waals surface area contributed by atoms with E-state index in [9.17, 15) is 9.59 Å². The van der Waals surface area contributed by atoms with Crippen molar-refractivity contribution < 1.29 is 23.7 Å². The Morgan fingerprint density at radius 3 is 2.49 bits per heavy atom. The van der Waals surface area contributed by atoms with E-state index in [1.165, 1.54) is 11.3 Å². The molecule has 5 rings (SSSR count). The average Bonchev–Trinajstić information content (AvgIpc) is 3.26. The number of thiazole rings is 1. The van der Waals surface area contributed by atoms with Gasteiger partial charge in [-0.1, -0.05) is 29.5 Å². The number of allylic oxidation sites excluding steroid dienone is 1. The van der Waals surface area contributed by atoms with E-state index >= 15 is 0 Å². The Morgan fingerprint density at radius 2 is 1.82 bits per heavy atom. The quantitative estimate of drug-likeness (QED) is 0.419. The number of hydrogen-bond acceptors (Lipinski definition) is 9. The van der Waals surface area contributed by atoms with E-state index < -0.39 is 12.0 Å². The zero-order chi connectivity index (χ0) is 27.5. The lowest BCUT2D eigenvalue weighted by atomic mass is 9.95. The molecule has 1 fully saturated rings. The van der Waals surface area contributed by atoms with E-state index in [2.05, 4.69) is 22.0 Å². The predicted molar refractivity (Wildman–Crippen MR) is 149 cm³/mol. The van der Waals surface area contributed by atoms with Crippen LogP contribution in [0.15, 0.2) is 63.5 Å². The van der Waals surface area contributed by atoms with Gasteiger partial charge in [0.1, 0.15) is 0 Å². The molecule has 0 unspecified atom stereocenters. The fraction of sp³-hybridized carbons (Fsp3) is 0.345. The van der Waals surface area contributed by atoms with Crippen molar-refractivity contribution in [2.24, 2.45) is 4.99 Å². The van der Waals surface area contributed by atoms with E-state index in [0.29, 0.717) is 37.7 Å². The minimum Gasteiger partial charge on any atom is -0.493 e. The number of nitrogens with zero attached hydrogens (tertiary/aromatic N) is 3. The molecule has 2 aliphatic heterocycles. The van der Waals surface area contributed by atoms with Crippen LogP contribution in [0.1, 0.15) is 31.0 Å². The number of morpholine rings is 1. The van der Waals surface area contributed by atoms with E-state index in [1.54, 1.807) is 44.8 Å². The highest BCUT2D eigenvalue weighted by Crippen LogP contribution is 2.36. The molecule has 0 amide bonds. The molecule has 0 aliphatic carbocycles. The first-order valence-corrected chi connectivity index (χ1v) is 13.6. The normalized spacial score (nSPS) is 17.5. The Labute approximate surface area is 230 Å². The number of benzene rings is 2. The van der Waals surface area contributed by atoms with Crippen molar-refractivity contribution in [2.75, 3.05) is 52.0 Å². The molecule has 1 saturated heterocycles. The van der Waals surface area contributed by atoms with Gasteiger partial charge in [0.05, 0.1) is 55.9 Å². The molecule has 9 nitrogen and oxygen atoms in total. The van der Waals surface area contributed by atoms with E-state index in [-0.39, 0.29) is 12.2 Å². The SMILES string of the molecule is CCOC(=O)C1=C(C)N=c2s/c(=C/c3ccc(N4CCOCC4)cc3)c(=O)n2[C@@H]1c1ccc(OC)c(OC)c1. The number of methoxy groups -OCH3 is 2. The number of esters is 1. The third-order valence-corrected chi connectivity index (χ3v) is 7.79. The zero-order valence-corrected chi connectivity index (χ0v) is 23.2. The third-order valence-electron chi connectivity index (χ3n) is 6.81. The maximum Gasteiger partial charge on any atom is 0.338 e. The zero-order valence-electron chi connectivity index (χ0n) is 22.4. The molecule has 1 atom stereocenters. The minimum absolute atomic E-state index is 0.207. The van der Waals surface area contributed by atoms with Crippen molar-refractivity contribution in [3.05, 3.63) is 84.5 Å². The average molecular weight is 550 g/mol. The van der Waals surface area contributed by atoms with Crippen LogP contribution in [0.2, 0.25) is 0 Å². The van der Waals surface area contributed by atoms with Gasteiger partial charge in [-0.2, -0.15) is 0 Å². The molecule has 39 heavy (non-hydrogen) atoms. The first-order valence-electron chi connectivity index (χ1n) is 12.8. The van der Waals surface area contributed by atoms with Crippen molar-refractivity contribution in [3.8, 4) is 11.5 Å². The molecule has 1 aromatic heterocycles. The number of ether oxygens (including phenoxy) is 4. The summed E-state index contributed by atoms with van der Waals surface area (Å²) in [6.45, 7) is 6.88. The van der Waals surface area contributed by atoms with Gasteiger partial charge in [0, 0.05) is 18.8 Å². The minimum atomic E-state index is -0.731. The van der Waals surface area contributed by atoms with Crippen LogP contribution >= 0.6 is 11.3 Å². The van der Waals surface area contributed by atoms with Crippen LogP contribution in [0.5, 0.6) is 11.5 Å². The van der Waals surface area contributed by atoms with Crippen molar-refractivity contribution in [1.82, 2.24) is 4.57 Å². The second-order valence-corrected chi connectivity index (χ2v) is 10.1. The Kier molecular flexibility index (Phi) is 7.85. The lowest BCUT2D eigenvalue weighted by molar-refractivity contribution is -0.139. The number of hydrogen-bond donors (Lipinski definition) is 0. The number of fused-ring (bicyclic) bond motifs is 1. The first-order chi connectivity index (χ1) is 18.9. The molecule has 0 spiro atoms. The topological polar surface area (TPSA) is 91.6 Å². The van der Waals surface area contributed by atoms with Crippen LogP contribution in [0.3, 0.4) is 0 Å². The summed E-state index contributed by atoms with van der Waals surface area (Å²) in [5.74, 6) is 0.537. The highest BCUT2D eigenvalue weighted by atomic mass is 32.1. The lowest BCUT2D eigenvalue weighted by Gasteiger charge is -2.28. The van der Waals surface area contributed by atoms with Gasteiger partial charge in [0.25, 0.3) is 5.56 Å². The summed E-state index contributed by atoms with van der Waals surface area (Å²) < 4.78 is 23.8. The second-order valence-electron chi connectivity index (χ2n) is 9.11. The predicted octanol–water partition coefficient (Wildman–Crippen LogP) is 2.65. The number of aromatic nitrogens is 1. The molecule has 2 aromatic carbocycles. The number of anilines is 1. The van der Waals surface area contributed by atoms with Gasteiger partial charge in [-0.05, 0) is 55.3 Å².